The fourth-order valence-electron chi connectivity index (χ4n) is 12.1. The summed E-state index contributed by atoms with van der Waals surface area (Å²) in [6.07, 6.45) is 12.0. The number of fused-ring (bicyclic) bond motifs is 6. The van der Waals surface area contributed by atoms with E-state index >= 15 is 0 Å². The summed E-state index contributed by atoms with van der Waals surface area (Å²) >= 11 is 0. The summed E-state index contributed by atoms with van der Waals surface area (Å²) in [4.78, 5) is 30.0. The van der Waals surface area contributed by atoms with Crippen LogP contribution in [-0.2, 0) is 72.6 Å². The highest BCUT2D eigenvalue weighted by Gasteiger charge is 2.33. The number of furan rings is 1. The van der Waals surface area contributed by atoms with Crippen molar-refractivity contribution < 1.29 is 23.1 Å². The maximum Gasteiger partial charge on any atom is 0.223 e. The molecule has 10 heteroatoms. The van der Waals surface area contributed by atoms with Crippen LogP contribution in [0.3, 0.4) is 0 Å². The van der Waals surface area contributed by atoms with Gasteiger partial charge in [-0.3, -0.25) is 14.5 Å². The highest BCUT2D eigenvalue weighted by molar-refractivity contribution is 5.89. The molecule has 2 N–H and O–H groups in total. The molecule has 2 aliphatic carbocycles. The zero-order valence-corrected chi connectivity index (χ0v) is 42.8. The lowest BCUT2D eigenvalue weighted by atomic mass is 9.85. The average Bonchev–Trinajstić information content (AvgIpc) is 4.18. The van der Waals surface area contributed by atoms with Gasteiger partial charge in [-0.2, -0.15) is 0 Å². The molecule has 4 atom stereocenters. The Balaban J connectivity index is 0.755. The quantitative estimate of drug-likeness (QED) is 0.0794. The van der Waals surface area contributed by atoms with Gasteiger partial charge in [-0.25, -0.2) is 4.39 Å². The van der Waals surface area contributed by atoms with E-state index in [1.54, 1.807) is 12.1 Å². The first-order valence-corrected chi connectivity index (χ1v) is 26.9. The summed E-state index contributed by atoms with van der Waals surface area (Å²) in [5, 5.41) is 8.91. The molecule has 0 saturated heterocycles. The summed E-state index contributed by atoms with van der Waals surface area (Å²) in [6, 6.07) is 34.9. The van der Waals surface area contributed by atoms with Gasteiger partial charge in [-0.1, -0.05) is 99.5 Å². The molecule has 0 saturated carbocycles. The van der Waals surface area contributed by atoms with Gasteiger partial charge in [0.25, 0.3) is 0 Å². The standard InChI is InChI=1S/C62H72FN5O4/c1-5-8-30-66(7-3)40-50-26-25-49(71-50)36-64-61(69)45-23-28-59-55(35-45)53-17-10-12-19-57(53)68(59)39-47-31-41(4)20-21-44(47)24-29-60-43(6-2)33-51(72-60)37-65-62(70)46-22-27-58-54(34-46)52-16-9-11-18-56(52)67(58)38-42-14-13-15-48(63)32-42/h9-21,25-26,31-33,43,45-46,60H,5-8,22-24,27-30,34-40H2,1-4H3,(H,64,69)(H,65,70). The number of hydrogen-bond acceptors (Lipinski definition) is 5. The molecule has 4 unspecified atom stereocenters. The normalized spacial score (nSPS) is 18.6. The SMILES string of the molecule is CCCCN(CC)Cc1ccc(CNC(=O)C2CCc3c(c4ccccc4n3Cc3cc(C)ccc3CCC3OC(CNC(=O)C4CCc5c(c6ccccc6n5Cc5cccc(F)c5)C4)=CC3CC)C2)o1. The molecule has 9 nitrogen and oxygen atoms in total. The Labute approximate surface area is 424 Å². The van der Waals surface area contributed by atoms with E-state index in [-0.39, 0.29) is 41.5 Å². The van der Waals surface area contributed by atoms with Crippen molar-refractivity contribution in [2.75, 3.05) is 19.6 Å². The number of carbonyl (C=O) groups excluding carboxylic acids is 2. The number of nitrogens with one attached hydrogen (secondary N) is 2. The molecule has 72 heavy (non-hydrogen) atoms. The number of benzene rings is 4. The molecule has 3 aliphatic rings. The van der Waals surface area contributed by atoms with Crippen molar-refractivity contribution in [3.05, 3.63) is 177 Å². The Morgan fingerprint density at radius 3 is 2.07 bits per heavy atom. The van der Waals surface area contributed by atoms with Crippen LogP contribution in [-0.4, -0.2) is 51.6 Å². The number of halogens is 1. The van der Waals surface area contributed by atoms with Crippen molar-refractivity contribution in [3.63, 3.8) is 0 Å². The second-order valence-corrected chi connectivity index (χ2v) is 20.8. The lowest BCUT2D eigenvalue weighted by Crippen LogP contribution is -2.35. The zero-order chi connectivity index (χ0) is 49.7. The van der Waals surface area contributed by atoms with E-state index in [1.807, 2.05) is 18.2 Å². The fraction of sp³-hybridized carbons (Fsp3) is 0.419. The van der Waals surface area contributed by atoms with Gasteiger partial charge < -0.3 is 28.9 Å². The number of unbranched alkanes of at least 4 members (excludes halogenated alkanes) is 1. The molecule has 4 aromatic carbocycles. The van der Waals surface area contributed by atoms with Crippen molar-refractivity contribution >= 4 is 33.6 Å². The highest BCUT2D eigenvalue weighted by Crippen LogP contribution is 2.38. The van der Waals surface area contributed by atoms with Gasteiger partial charge in [-0.15, -0.1) is 0 Å². The molecule has 7 aromatic rings. The first-order chi connectivity index (χ1) is 35.2. The second kappa shape index (κ2) is 22.2. The highest BCUT2D eigenvalue weighted by atomic mass is 19.1. The summed E-state index contributed by atoms with van der Waals surface area (Å²) in [5.74, 6) is 2.61. The van der Waals surface area contributed by atoms with E-state index in [1.165, 1.54) is 74.4 Å². The van der Waals surface area contributed by atoms with E-state index in [9.17, 15) is 14.0 Å². The third-order valence-electron chi connectivity index (χ3n) is 16.0. The topological polar surface area (TPSA) is 93.7 Å². The Hall–Kier alpha value is -6.39. The second-order valence-electron chi connectivity index (χ2n) is 20.8. The molecule has 0 bridgehead atoms. The Morgan fingerprint density at radius 2 is 1.40 bits per heavy atom. The van der Waals surface area contributed by atoms with Crippen LogP contribution < -0.4 is 10.6 Å². The number of nitrogens with zero attached hydrogens (tertiary/aromatic N) is 3. The van der Waals surface area contributed by atoms with E-state index < -0.39 is 0 Å². The molecule has 0 radical (unpaired) electrons. The van der Waals surface area contributed by atoms with Crippen LogP contribution in [0.2, 0.25) is 0 Å². The number of carbonyl (C=O) groups is 2. The number of para-hydroxylation sites is 2. The van der Waals surface area contributed by atoms with Crippen molar-refractivity contribution in [1.29, 1.82) is 0 Å². The maximum atomic E-state index is 14.1. The fourth-order valence-corrected chi connectivity index (χ4v) is 12.1. The summed E-state index contributed by atoms with van der Waals surface area (Å²) in [6.45, 7) is 13.8. The minimum absolute atomic E-state index is 0.0394. The predicted molar refractivity (Wildman–Crippen MR) is 285 cm³/mol. The average molecular weight is 970 g/mol. The van der Waals surface area contributed by atoms with Crippen LogP contribution in [0.15, 0.2) is 119 Å². The minimum atomic E-state index is -0.226. The molecule has 0 fully saturated rings. The Morgan fingerprint density at radius 1 is 0.736 bits per heavy atom. The van der Waals surface area contributed by atoms with Gasteiger partial charge >= 0.3 is 0 Å². The van der Waals surface area contributed by atoms with Crippen LogP contribution in [0.25, 0.3) is 21.8 Å². The van der Waals surface area contributed by atoms with Crippen molar-refractivity contribution in [2.45, 2.75) is 131 Å². The van der Waals surface area contributed by atoms with Gasteiger partial charge in [0.1, 0.15) is 29.2 Å². The first kappa shape index (κ1) is 49.2. The number of aromatic nitrogens is 2. The molecule has 1 aliphatic heterocycles. The Kier molecular flexibility index (Phi) is 15.1. The number of hydrogen-bond donors (Lipinski definition) is 2. The molecular formula is C62H72FN5O4. The number of amides is 2. The summed E-state index contributed by atoms with van der Waals surface area (Å²) in [5.41, 5.74) is 12.3. The van der Waals surface area contributed by atoms with E-state index in [2.05, 4.69) is 125 Å². The van der Waals surface area contributed by atoms with Gasteiger partial charge in [0.05, 0.1) is 19.6 Å². The van der Waals surface area contributed by atoms with Crippen molar-refractivity contribution in [3.8, 4) is 0 Å². The lowest BCUT2D eigenvalue weighted by Gasteiger charge is -2.24. The third kappa shape index (κ3) is 10.7. The molecule has 4 heterocycles. The number of aryl methyl sites for hydroxylation is 2. The number of ether oxygens (including phenoxy) is 1. The van der Waals surface area contributed by atoms with Gasteiger partial charge in [0, 0.05) is 64.0 Å². The van der Waals surface area contributed by atoms with Crippen LogP contribution in [0, 0.1) is 30.5 Å². The molecular weight excluding hydrogens is 898 g/mol. The lowest BCUT2D eigenvalue weighted by molar-refractivity contribution is -0.126. The van der Waals surface area contributed by atoms with Gasteiger partial charge in [0.2, 0.25) is 11.8 Å². The van der Waals surface area contributed by atoms with Crippen LogP contribution in [0.1, 0.15) is 116 Å². The summed E-state index contributed by atoms with van der Waals surface area (Å²) < 4.78 is 31.8. The predicted octanol–water partition coefficient (Wildman–Crippen LogP) is 11.9. The van der Waals surface area contributed by atoms with Crippen molar-refractivity contribution in [2.24, 2.45) is 17.8 Å². The Bertz CT molecular complexity index is 3090. The number of rotatable bonds is 20. The largest absolute Gasteiger partial charge is 0.493 e. The summed E-state index contributed by atoms with van der Waals surface area (Å²) in [7, 11) is 0. The molecule has 376 valence electrons. The van der Waals surface area contributed by atoms with Crippen LogP contribution in [0.4, 0.5) is 4.39 Å². The van der Waals surface area contributed by atoms with Gasteiger partial charge in [-0.05, 0) is 155 Å². The minimum Gasteiger partial charge on any atom is -0.493 e. The maximum absolute atomic E-state index is 14.1. The monoisotopic (exact) mass is 970 g/mol. The molecule has 3 aromatic heterocycles. The molecule has 10 rings (SSSR count). The van der Waals surface area contributed by atoms with E-state index in [4.69, 9.17) is 9.15 Å². The molecule has 2 amide bonds. The zero-order valence-electron chi connectivity index (χ0n) is 42.8. The van der Waals surface area contributed by atoms with Gasteiger partial charge in [0.15, 0.2) is 0 Å². The van der Waals surface area contributed by atoms with E-state index in [0.29, 0.717) is 26.1 Å². The van der Waals surface area contributed by atoms with E-state index in [0.717, 1.165) is 106 Å². The van der Waals surface area contributed by atoms with Crippen LogP contribution >= 0.6 is 0 Å². The smallest absolute Gasteiger partial charge is 0.223 e. The first-order valence-electron chi connectivity index (χ1n) is 26.9. The van der Waals surface area contributed by atoms with Crippen LogP contribution in [0.5, 0.6) is 0 Å². The third-order valence-corrected chi connectivity index (χ3v) is 16.0. The molecule has 0 spiro atoms. The van der Waals surface area contributed by atoms with Crippen molar-refractivity contribution in [1.82, 2.24) is 24.7 Å².